The van der Waals surface area contributed by atoms with Gasteiger partial charge in [-0.15, -0.1) is 0 Å². The smallest absolute Gasteiger partial charge is 0.195 e. The summed E-state index contributed by atoms with van der Waals surface area (Å²) in [6, 6.07) is 2.03. The zero-order chi connectivity index (χ0) is 12.3. The molecule has 0 aliphatic rings. The number of H-pyrrole nitrogens is 1. The lowest BCUT2D eigenvalue weighted by Crippen LogP contribution is -2.06. The van der Waals surface area contributed by atoms with Crippen LogP contribution in [0.5, 0.6) is 0 Å². The molecule has 90 valence electrons. The highest BCUT2D eigenvalue weighted by Crippen LogP contribution is 2.10. The van der Waals surface area contributed by atoms with Crippen molar-refractivity contribution in [1.82, 2.24) is 19.7 Å². The summed E-state index contributed by atoms with van der Waals surface area (Å²) in [5.41, 5.74) is 2.41. The summed E-state index contributed by atoms with van der Waals surface area (Å²) in [5.74, 6) is 1.02. The van der Waals surface area contributed by atoms with E-state index in [0.717, 1.165) is 25.2 Å². The van der Waals surface area contributed by atoms with Crippen LogP contribution in [0.3, 0.4) is 0 Å². The topological polar surface area (TPSA) is 46.5 Å². The van der Waals surface area contributed by atoms with E-state index in [2.05, 4.69) is 33.6 Å². The van der Waals surface area contributed by atoms with Gasteiger partial charge in [0.2, 0.25) is 0 Å². The monoisotopic (exact) mass is 248 g/mol. The Morgan fingerprint density at radius 2 is 2.29 bits per heavy atom. The molecule has 0 saturated carbocycles. The van der Waals surface area contributed by atoms with E-state index in [-0.39, 0.29) is 0 Å². The van der Waals surface area contributed by atoms with E-state index in [1.54, 1.807) is 0 Å². The van der Waals surface area contributed by atoms with E-state index in [9.17, 15) is 0 Å². The zero-order valence-corrected chi connectivity index (χ0v) is 10.9. The molecule has 0 saturated heterocycles. The van der Waals surface area contributed by atoms with Crippen molar-refractivity contribution in [1.29, 1.82) is 0 Å². The molecule has 5 heteroatoms. The average molecular weight is 248 g/mol. The second kappa shape index (κ2) is 5.23. The van der Waals surface area contributed by atoms with Gasteiger partial charge in [-0.1, -0.05) is 6.92 Å². The summed E-state index contributed by atoms with van der Waals surface area (Å²) in [7, 11) is 0. The third kappa shape index (κ3) is 2.61. The molecule has 0 aromatic carbocycles. The van der Waals surface area contributed by atoms with E-state index in [0.29, 0.717) is 4.77 Å². The summed E-state index contributed by atoms with van der Waals surface area (Å²) in [6.07, 6.45) is 5.69. The second-order valence-corrected chi connectivity index (χ2v) is 4.47. The Kier molecular flexibility index (Phi) is 3.68. The van der Waals surface area contributed by atoms with Gasteiger partial charge in [0.25, 0.3) is 0 Å². The molecule has 0 aliphatic carbocycles. The largest absolute Gasteiger partial charge is 0.300 e. The van der Waals surface area contributed by atoms with E-state index in [4.69, 9.17) is 12.2 Å². The molecular formula is C12H16N4S. The third-order valence-corrected chi connectivity index (χ3v) is 3.09. The van der Waals surface area contributed by atoms with Crippen LogP contribution in [0, 0.1) is 11.7 Å². The van der Waals surface area contributed by atoms with Crippen LogP contribution in [0.1, 0.15) is 30.3 Å². The molecule has 0 spiro atoms. The summed E-state index contributed by atoms with van der Waals surface area (Å²) >= 11 is 5.26. The van der Waals surface area contributed by atoms with Crippen molar-refractivity contribution < 1.29 is 0 Å². The average Bonchev–Trinajstić information content (AvgIpc) is 2.65. The maximum absolute atomic E-state index is 5.26. The second-order valence-electron chi connectivity index (χ2n) is 4.08. The van der Waals surface area contributed by atoms with Crippen molar-refractivity contribution in [2.75, 3.05) is 0 Å². The van der Waals surface area contributed by atoms with Crippen LogP contribution in [0.15, 0.2) is 18.5 Å². The van der Waals surface area contributed by atoms with Gasteiger partial charge >= 0.3 is 0 Å². The number of nitrogens with one attached hydrogen (secondary N) is 1. The van der Waals surface area contributed by atoms with Crippen LogP contribution < -0.4 is 0 Å². The number of aromatic nitrogens is 4. The quantitative estimate of drug-likeness (QED) is 0.846. The van der Waals surface area contributed by atoms with Crippen molar-refractivity contribution >= 4 is 12.2 Å². The zero-order valence-electron chi connectivity index (χ0n) is 10.1. The maximum atomic E-state index is 5.26. The van der Waals surface area contributed by atoms with Gasteiger partial charge in [0, 0.05) is 18.8 Å². The lowest BCUT2D eigenvalue weighted by atomic mass is 10.1. The fraction of sp³-hybridized carbons (Fsp3) is 0.417. The van der Waals surface area contributed by atoms with E-state index >= 15 is 0 Å². The van der Waals surface area contributed by atoms with Gasteiger partial charge in [-0.2, -0.15) is 5.10 Å². The third-order valence-electron chi connectivity index (χ3n) is 2.78. The summed E-state index contributed by atoms with van der Waals surface area (Å²) in [5, 5.41) is 7.12. The van der Waals surface area contributed by atoms with Crippen molar-refractivity contribution in [3.63, 3.8) is 0 Å². The Morgan fingerprint density at radius 1 is 1.47 bits per heavy atom. The van der Waals surface area contributed by atoms with Crippen molar-refractivity contribution in [2.24, 2.45) is 0 Å². The molecule has 2 aromatic heterocycles. The first-order valence-corrected chi connectivity index (χ1v) is 6.16. The lowest BCUT2D eigenvalue weighted by Gasteiger charge is -2.08. The van der Waals surface area contributed by atoms with Crippen LogP contribution in [-0.2, 0) is 13.0 Å². The van der Waals surface area contributed by atoms with Crippen LogP contribution in [-0.4, -0.2) is 19.7 Å². The molecule has 4 nitrogen and oxygen atoms in total. The normalized spacial score (nSPS) is 10.7. The Labute approximate surface area is 106 Å². The Hall–Kier alpha value is -1.49. The highest BCUT2D eigenvalue weighted by Gasteiger charge is 2.07. The van der Waals surface area contributed by atoms with Crippen LogP contribution in [0.2, 0.25) is 0 Å². The number of aromatic amines is 1. The molecule has 1 N–H and O–H groups in total. The Bertz CT molecular complexity index is 556. The molecule has 0 fully saturated rings. The van der Waals surface area contributed by atoms with Crippen molar-refractivity contribution in [3.8, 4) is 0 Å². The highest BCUT2D eigenvalue weighted by atomic mass is 32.1. The summed E-state index contributed by atoms with van der Waals surface area (Å²) in [4.78, 5) is 4.10. The SMILES string of the molecule is CCCc1n[nH]c(=S)n1Cc1ccncc1C. The van der Waals surface area contributed by atoms with Crippen LogP contribution in [0.4, 0.5) is 0 Å². The molecule has 0 aliphatic heterocycles. The van der Waals surface area contributed by atoms with Crippen LogP contribution in [0.25, 0.3) is 0 Å². The predicted octanol–water partition coefficient (Wildman–Crippen LogP) is 2.64. The van der Waals surface area contributed by atoms with Crippen molar-refractivity contribution in [3.05, 3.63) is 40.2 Å². The molecule has 0 bridgehead atoms. The molecule has 0 atom stereocenters. The first-order chi connectivity index (χ1) is 8.22. The molecule has 0 unspecified atom stereocenters. The number of aryl methyl sites for hydroxylation is 2. The molecule has 0 radical (unpaired) electrons. The highest BCUT2D eigenvalue weighted by molar-refractivity contribution is 7.71. The molecular weight excluding hydrogens is 232 g/mol. The molecule has 2 aromatic rings. The number of pyridine rings is 1. The first-order valence-electron chi connectivity index (χ1n) is 5.76. The predicted molar refractivity (Wildman–Crippen MR) is 69.5 cm³/mol. The minimum absolute atomic E-state index is 0.685. The molecule has 0 amide bonds. The summed E-state index contributed by atoms with van der Waals surface area (Å²) < 4.78 is 2.74. The van der Waals surface area contributed by atoms with Gasteiger partial charge in [-0.25, -0.2) is 0 Å². The minimum atomic E-state index is 0.685. The lowest BCUT2D eigenvalue weighted by molar-refractivity contribution is 0.696. The van der Waals surface area contributed by atoms with Crippen LogP contribution >= 0.6 is 12.2 Å². The van der Waals surface area contributed by atoms with Gasteiger partial charge in [-0.05, 0) is 42.8 Å². The number of rotatable bonds is 4. The number of hydrogen-bond acceptors (Lipinski definition) is 3. The fourth-order valence-corrected chi connectivity index (χ4v) is 1.99. The molecule has 2 rings (SSSR count). The van der Waals surface area contributed by atoms with E-state index < -0.39 is 0 Å². The van der Waals surface area contributed by atoms with E-state index in [1.807, 2.05) is 18.5 Å². The van der Waals surface area contributed by atoms with E-state index in [1.165, 1.54) is 11.1 Å². The van der Waals surface area contributed by atoms with Gasteiger partial charge < -0.3 is 0 Å². The fourth-order valence-electron chi connectivity index (χ4n) is 1.78. The van der Waals surface area contributed by atoms with Gasteiger partial charge in [-0.3, -0.25) is 14.6 Å². The first kappa shape index (κ1) is 12.0. The number of nitrogens with zero attached hydrogens (tertiary/aromatic N) is 3. The number of hydrogen-bond donors (Lipinski definition) is 1. The van der Waals surface area contributed by atoms with Gasteiger partial charge in [0.1, 0.15) is 5.82 Å². The standard InChI is InChI=1S/C12H16N4S/c1-3-4-11-14-15-12(17)16(11)8-10-5-6-13-7-9(10)2/h5-7H,3-4,8H2,1-2H3,(H,15,17). The molecule has 2 heterocycles. The minimum Gasteiger partial charge on any atom is -0.300 e. The summed E-state index contributed by atoms with van der Waals surface area (Å²) in [6.45, 7) is 4.96. The van der Waals surface area contributed by atoms with Gasteiger partial charge in [0.05, 0.1) is 6.54 Å². The Morgan fingerprint density at radius 3 is 3.00 bits per heavy atom. The molecule has 17 heavy (non-hydrogen) atoms. The van der Waals surface area contributed by atoms with Gasteiger partial charge in [0.15, 0.2) is 4.77 Å². The van der Waals surface area contributed by atoms with Crippen molar-refractivity contribution in [2.45, 2.75) is 33.2 Å². The maximum Gasteiger partial charge on any atom is 0.195 e. The Balaban J connectivity index is 2.33.